The van der Waals surface area contributed by atoms with Crippen molar-refractivity contribution in [2.24, 2.45) is 0 Å². The molecule has 0 bridgehead atoms. The number of carbonyl (C=O) groups is 1. The number of piperidine rings is 1. The fourth-order valence-corrected chi connectivity index (χ4v) is 2.73. The van der Waals surface area contributed by atoms with E-state index in [9.17, 15) is 9.18 Å². The minimum Gasteiger partial charge on any atom is -0.465 e. The van der Waals surface area contributed by atoms with Crippen molar-refractivity contribution in [1.82, 2.24) is 15.1 Å². The van der Waals surface area contributed by atoms with Crippen LogP contribution in [0.3, 0.4) is 0 Å². The zero-order chi connectivity index (χ0) is 15.5. The molecule has 124 valence electrons. The molecular formula is C16H19ClFN3O2. The number of methoxy groups -OCH3 is 1. The Morgan fingerprint density at radius 3 is 2.78 bits per heavy atom. The Kier molecular flexibility index (Phi) is 5.74. The summed E-state index contributed by atoms with van der Waals surface area (Å²) in [4.78, 5) is 11.6. The first-order valence-electron chi connectivity index (χ1n) is 7.32. The Morgan fingerprint density at radius 1 is 1.35 bits per heavy atom. The van der Waals surface area contributed by atoms with Crippen LogP contribution >= 0.6 is 12.4 Å². The minimum atomic E-state index is -0.676. The van der Waals surface area contributed by atoms with Crippen LogP contribution in [0.25, 0.3) is 11.1 Å². The van der Waals surface area contributed by atoms with Gasteiger partial charge in [0.15, 0.2) is 0 Å². The molecule has 1 aliphatic heterocycles. The highest BCUT2D eigenvalue weighted by molar-refractivity contribution is 5.91. The van der Waals surface area contributed by atoms with E-state index in [0.717, 1.165) is 37.1 Å². The largest absolute Gasteiger partial charge is 0.465 e. The summed E-state index contributed by atoms with van der Waals surface area (Å²) in [5.74, 6) is -1.26. The lowest BCUT2D eigenvalue weighted by Gasteiger charge is -2.22. The van der Waals surface area contributed by atoms with Gasteiger partial charge in [0, 0.05) is 11.8 Å². The zero-order valence-electron chi connectivity index (χ0n) is 12.8. The Bertz CT molecular complexity index is 684. The molecule has 2 heterocycles. The van der Waals surface area contributed by atoms with Gasteiger partial charge in [0.2, 0.25) is 0 Å². The van der Waals surface area contributed by atoms with E-state index in [0.29, 0.717) is 6.04 Å². The van der Waals surface area contributed by atoms with Crippen molar-refractivity contribution in [1.29, 1.82) is 0 Å². The number of aromatic nitrogens is 2. The summed E-state index contributed by atoms with van der Waals surface area (Å²) >= 11 is 0. The van der Waals surface area contributed by atoms with Crippen molar-refractivity contribution in [3.8, 4) is 11.1 Å². The van der Waals surface area contributed by atoms with Crippen LogP contribution in [0.4, 0.5) is 4.39 Å². The fourth-order valence-electron chi connectivity index (χ4n) is 2.73. The van der Waals surface area contributed by atoms with E-state index < -0.39 is 11.8 Å². The van der Waals surface area contributed by atoms with Crippen LogP contribution in [0, 0.1) is 5.82 Å². The number of nitrogens with zero attached hydrogens (tertiary/aromatic N) is 2. The number of hydrogen-bond donors (Lipinski definition) is 1. The van der Waals surface area contributed by atoms with E-state index in [4.69, 9.17) is 0 Å². The number of rotatable bonds is 3. The van der Waals surface area contributed by atoms with Crippen molar-refractivity contribution in [2.75, 3.05) is 20.2 Å². The Labute approximate surface area is 140 Å². The van der Waals surface area contributed by atoms with E-state index >= 15 is 0 Å². The molecule has 5 nitrogen and oxygen atoms in total. The summed E-state index contributed by atoms with van der Waals surface area (Å²) in [5, 5.41) is 7.73. The van der Waals surface area contributed by atoms with Crippen LogP contribution < -0.4 is 5.32 Å². The summed E-state index contributed by atoms with van der Waals surface area (Å²) in [5.41, 5.74) is 1.56. The van der Waals surface area contributed by atoms with Gasteiger partial charge in [-0.05, 0) is 43.6 Å². The average molecular weight is 340 g/mol. The van der Waals surface area contributed by atoms with Crippen LogP contribution in [-0.4, -0.2) is 35.9 Å². The van der Waals surface area contributed by atoms with Gasteiger partial charge in [0.25, 0.3) is 0 Å². The Balaban J connectivity index is 0.00000192. The van der Waals surface area contributed by atoms with Gasteiger partial charge >= 0.3 is 5.97 Å². The van der Waals surface area contributed by atoms with Crippen molar-refractivity contribution in [3.63, 3.8) is 0 Å². The van der Waals surface area contributed by atoms with Crippen molar-refractivity contribution in [3.05, 3.63) is 42.0 Å². The van der Waals surface area contributed by atoms with Crippen LogP contribution in [0.15, 0.2) is 30.6 Å². The normalized spacial score (nSPS) is 15.0. The lowest BCUT2D eigenvalue weighted by molar-refractivity contribution is 0.0595. The molecule has 2 aromatic rings. The van der Waals surface area contributed by atoms with Crippen molar-refractivity contribution in [2.45, 2.75) is 18.9 Å². The molecule has 1 aliphatic rings. The summed E-state index contributed by atoms with van der Waals surface area (Å²) in [6, 6.07) is 4.82. The summed E-state index contributed by atoms with van der Waals surface area (Å²) in [6.45, 7) is 1.98. The minimum absolute atomic E-state index is 0. The number of ether oxygens (including phenoxy) is 1. The molecule has 0 aliphatic carbocycles. The first-order valence-corrected chi connectivity index (χ1v) is 7.32. The molecule has 3 rings (SSSR count). The molecule has 0 radical (unpaired) electrons. The van der Waals surface area contributed by atoms with Crippen molar-refractivity contribution < 1.29 is 13.9 Å². The molecule has 0 saturated carbocycles. The second-order valence-corrected chi connectivity index (χ2v) is 5.38. The predicted octanol–water partition coefficient (Wildman–Crippen LogP) is 2.82. The van der Waals surface area contributed by atoms with Crippen molar-refractivity contribution >= 4 is 18.4 Å². The molecule has 1 aromatic heterocycles. The van der Waals surface area contributed by atoms with E-state index in [-0.39, 0.29) is 18.0 Å². The first-order chi connectivity index (χ1) is 10.7. The monoisotopic (exact) mass is 339 g/mol. The summed E-state index contributed by atoms with van der Waals surface area (Å²) in [7, 11) is 1.24. The second kappa shape index (κ2) is 7.57. The smallest absolute Gasteiger partial charge is 0.340 e. The topological polar surface area (TPSA) is 56.1 Å². The molecule has 1 saturated heterocycles. The molecular weight excluding hydrogens is 321 g/mol. The highest BCUT2D eigenvalue weighted by Crippen LogP contribution is 2.25. The van der Waals surface area contributed by atoms with E-state index in [1.165, 1.54) is 19.2 Å². The summed E-state index contributed by atoms with van der Waals surface area (Å²) < 4.78 is 20.2. The fraction of sp³-hybridized carbons (Fsp3) is 0.375. The highest BCUT2D eigenvalue weighted by Gasteiger charge is 2.17. The third-order valence-corrected chi connectivity index (χ3v) is 3.99. The Morgan fingerprint density at radius 2 is 2.09 bits per heavy atom. The van der Waals surface area contributed by atoms with E-state index in [1.807, 2.05) is 10.9 Å². The lowest BCUT2D eigenvalue weighted by Crippen LogP contribution is -2.29. The third kappa shape index (κ3) is 3.71. The first kappa shape index (κ1) is 17.4. The second-order valence-electron chi connectivity index (χ2n) is 5.38. The number of carbonyl (C=O) groups excluding carboxylic acids is 1. The predicted molar refractivity (Wildman–Crippen MR) is 87.3 cm³/mol. The number of nitrogens with one attached hydrogen (secondary N) is 1. The molecule has 1 aromatic carbocycles. The zero-order valence-corrected chi connectivity index (χ0v) is 13.6. The number of esters is 1. The quantitative estimate of drug-likeness (QED) is 0.874. The average Bonchev–Trinajstić information content (AvgIpc) is 3.05. The SMILES string of the molecule is COC(=O)c1cc(-c2cnn(C3CCNCC3)c2)ccc1F.Cl. The van der Waals surface area contributed by atoms with Crippen LogP contribution in [0.5, 0.6) is 0 Å². The standard InChI is InChI=1S/C16H18FN3O2.ClH/c1-22-16(21)14-8-11(2-3-15(14)17)12-9-19-20(10-12)13-4-6-18-7-5-13;/h2-3,8-10,13,18H,4-7H2,1H3;1H. The van der Waals surface area contributed by atoms with Crippen LogP contribution in [-0.2, 0) is 4.74 Å². The molecule has 1 N–H and O–H groups in total. The maximum atomic E-state index is 13.7. The lowest BCUT2D eigenvalue weighted by atomic mass is 10.1. The number of hydrogen-bond acceptors (Lipinski definition) is 4. The maximum absolute atomic E-state index is 13.7. The highest BCUT2D eigenvalue weighted by atomic mass is 35.5. The van der Waals surface area contributed by atoms with Crippen LogP contribution in [0.1, 0.15) is 29.2 Å². The van der Waals surface area contributed by atoms with Gasteiger partial charge in [-0.1, -0.05) is 6.07 Å². The van der Waals surface area contributed by atoms with Gasteiger partial charge in [-0.15, -0.1) is 12.4 Å². The molecule has 1 fully saturated rings. The molecule has 23 heavy (non-hydrogen) atoms. The van der Waals surface area contributed by atoms with E-state index in [1.54, 1.807) is 12.3 Å². The van der Waals surface area contributed by atoms with Gasteiger partial charge in [0.1, 0.15) is 5.82 Å². The maximum Gasteiger partial charge on any atom is 0.340 e. The molecule has 0 unspecified atom stereocenters. The number of benzene rings is 1. The third-order valence-electron chi connectivity index (χ3n) is 3.99. The molecule has 7 heteroatoms. The molecule has 0 atom stereocenters. The van der Waals surface area contributed by atoms with Gasteiger partial charge in [-0.25, -0.2) is 9.18 Å². The Hall–Kier alpha value is -1.92. The molecule has 0 spiro atoms. The molecule has 0 amide bonds. The van der Waals surface area contributed by atoms with Gasteiger partial charge in [-0.2, -0.15) is 5.10 Å². The van der Waals surface area contributed by atoms with Gasteiger partial charge in [-0.3, -0.25) is 4.68 Å². The van der Waals surface area contributed by atoms with Gasteiger partial charge in [0.05, 0.1) is 24.9 Å². The van der Waals surface area contributed by atoms with E-state index in [2.05, 4.69) is 15.2 Å². The number of halogens is 2. The van der Waals surface area contributed by atoms with Crippen LogP contribution in [0.2, 0.25) is 0 Å². The van der Waals surface area contributed by atoms with Gasteiger partial charge < -0.3 is 10.1 Å². The summed E-state index contributed by atoms with van der Waals surface area (Å²) in [6.07, 6.45) is 5.77.